The highest BCUT2D eigenvalue weighted by Gasteiger charge is 2.19. The van der Waals surface area contributed by atoms with E-state index in [0.29, 0.717) is 23.1 Å². The predicted molar refractivity (Wildman–Crippen MR) is 120 cm³/mol. The number of nitrogens with one attached hydrogen (secondary N) is 1. The summed E-state index contributed by atoms with van der Waals surface area (Å²) in [7, 11) is -0.998. The Bertz CT molecular complexity index is 1050. The molecule has 8 heteroatoms. The molecule has 0 radical (unpaired) electrons. The van der Waals surface area contributed by atoms with Gasteiger partial charge in [-0.05, 0) is 29.3 Å². The first-order valence-electron chi connectivity index (χ1n) is 9.22. The topological polar surface area (TPSA) is 81.5 Å². The van der Waals surface area contributed by atoms with Gasteiger partial charge in [0.05, 0.1) is 9.95 Å². The van der Waals surface area contributed by atoms with Crippen LogP contribution in [0.3, 0.4) is 0 Å². The Labute approximate surface area is 182 Å². The molecular formula is C22H21ClN2O4S. The quantitative estimate of drug-likeness (QED) is 0.360. The van der Waals surface area contributed by atoms with Crippen LogP contribution in [0.25, 0.3) is 0 Å². The number of hydrogen-bond donors (Lipinski definition) is 1. The molecule has 3 aromatic rings. The van der Waals surface area contributed by atoms with Gasteiger partial charge in [-0.2, -0.15) is 0 Å². The number of nitrogens with zero attached hydrogens (tertiary/aromatic N) is 1. The third-order valence-electron chi connectivity index (χ3n) is 4.43. The zero-order chi connectivity index (χ0) is 21.5. The third-order valence-corrected chi connectivity index (χ3v) is 5.55. The Morgan fingerprint density at radius 1 is 1.07 bits per heavy atom. The van der Waals surface area contributed by atoms with Crippen LogP contribution in [-0.2, 0) is 17.3 Å². The lowest BCUT2D eigenvalue weighted by Gasteiger charge is -2.18. The summed E-state index contributed by atoms with van der Waals surface area (Å²) < 4.78 is 17.5. The number of nitro benzene ring substituents is 1. The van der Waals surface area contributed by atoms with Gasteiger partial charge in [-0.1, -0.05) is 60.1 Å². The van der Waals surface area contributed by atoms with Crippen LogP contribution in [0.15, 0.2) is 72.8 Å². The van der Waals surface area contributed by atoms with Crippen molar-refractivity contribution < 1.29 is 13.9 Å². The lowest BCUT2D eigenvalue weighted by atomic mass is 10.1. The van der Waals surface area contributed by atoms with E-state index in [4.69, 9.17) is 16.3 Å². The van der Waals surface area contributed by atoms with Crippen molar-refractivity contribution in [2.45, 2.75) is 12.6 Å². The molecule has 0 aromatic heterocycles. The lowest BCUT2D eigenvalue weighted by Crippen LogP contribution is -2.25. The van der Waals surface area contributed by atoms with E-state index in [1.54, 1.807) is 42.7 Å². The molecule has 0 aliphatic rings. The molecule has 2 unspecified atom stereocenters. The number of para-hydroxylation sites is 1. The van der Waals surface area contributed by atoms with Crippen molar-refractivity contribution in [1.82, 2.24) is 5.32 Å². The van der Waals surface area contributed by atoms with E-state index >= 15 is 0 Å². The zero-order valence-electron chi connectivity index (χ0n) is 16.3. The molecule has 0 fully saturated rings. The molecule has 3 rings (SSSR count). The number of ether oxygens (including phenoxy) is 1. The van der Waals surface area contributed by atoms with E-state index in [2.05, 4.69) is 5.32 Å². The van der Waals surface area contributed by atoms with Crippen LogP contribution in [0.5, 0.6) is 11.5 Å². The fourth-order valence-electron chi connectivity index (χ4n) is 2.98. The largest absolute Gasteiger partial charge is 0.449 e. The molecule has 0 bridgehead atoms. The van der Waals surface area contributed by atoms with Crippen molar-refractivity contribution in [2.24, 2.45) is 0 Å². The molecule has 2 atom stereocenters. The van der Waals surface area contributed by atoms with Crippen LogP contribution >= 0.6 is 11.6 Å². The maximum absolute atomic E-state index is 11.8. The first kappa shape index (κ1) is 22.0. The summed E-state index contributed by atoms with van der Waals surface area (Å²) in [5.41, 5.74) is 1.58. The molecule has 156 valence electrons. The Kier molecular flexibility index (Phi) is 7.57. The summed E-state index contributed by atoms with van der Waals surface area (Å²) in [6, 6.07) is 21.2. The summed E-state index contributed by atoms with van der Waals surface area (Å²) in [4.78, 5) is 11.1. The monoisotopic (exact) mass is 444 g/mol. The summed E-state index contributed by atoms with van der Waals surface area (Å²) in [5.74, 6) is 0.911. The van der Waals surface area contributed by atoms with Gasteiger partial charge in [0.25, 0.3) is 0 Å². The van der Waals surface area contributed by atoms with Crippen LogP contribution in [0, 0.1) is 10.1 Å². The van der Waals surface area contributed by atoms with Gasteiger partial charge in [-0.15, -0.1) is 0 Å². The highest BCUT2D eigenvalue weighted by Crippen LogP contribution is 2.35. The Morgan fingerprint density at radius 2 is 1.77 bits per heavy atom. The van der Waals surface area contributed by atoms with Crippen molar-refractivity contribution in [1.29, 1.82) is 0 Å². The van der Waals surface area contributed by atoms with E-state index in [1.807, 2.05) is 30.3 Å². The molecule has 1 N–H and O–H groups in total. The maximum atomic E-state index is 11.8. The molecule has 6 nitrogen and oxygen atoms in total. The number of hydrogen-bond acceptors (Lipinski definition) is 5. The van der Waals surface area contributed by atoms with E-state index in [9.17, 15) is 14.3 Å². The molecular weight excluding hydrogens is 424 g/mol. The Balaban J connectivity index is 1.79. The van der Waals surface area contributed by atoms with Gasteiger partial charge < -0.3 is 10.1 Å². The van der Waals surface area contributed by atoms with Crippen LogP contribution in [0.4, 0.5) is 5.69 Å². The van der Waals surface area contributed by atoms with Crippen LogP contribution < -0.4 is 10.1 Å². The minimum atomic E-state index is -0.998. The van der Waals surface area contributed by atoms with Gasteiger partial charge in [-0.25, -0.2) is 0 Å². The van der Waals surface area contributed by atoms with Crippen molar-refractivity contribution in [3.8, 4) is 11.5 Å². The maximum Gasteiger partial charge on any atom is 0.311 e. The van der Waals surface area contributed by atoms with E-state index in [-0.39, 0.29) is 17.5 Å². The summed E-state index contributed by atoms with van der Waals surface area (Å²) in [5, 5.41) is 15.3. The van der Waals surface area contributed by atoms with Crippen molar-refractivity contribution >= 4 is 28.1 Å². The minimum Gasteiger partial charge on any atom is -0.449 e. The Morgan fingerprint density at radius 3 is 2.43 bits per heavy atom. The molecule has 3 aromatic carbocycles. The molecule has 0 spiro atoms. The van der Waals surface area contributed by atoms with Gasteiger partial charge >= 0.3 is 5.69 Å². The minimum absolute atomic E-state index is 0.117. The fraction of sp³-hybridized carbons (Fsp3) is 0.182. The first-order valence-corrected chi connectivity index (χ1v) is 11.3. The van der Waals surface area contributed by atoms with E-state index in [0.717, 1.165) is 11.1 Å². The molecule has 0 saturated carbocycles. The summed E-state index contributed by atoms with van der Waals surface area (Å²) in [6.45, 7) is 0.379. The molecule has 0 saturated heterocycles. The molecule has 0 heterocycles. The van der Waals surface area contributed by atoms with Crippen LogP contribution in [0.1, 0.15) is 17.2 Å². The standard InChI is InChI=1S/C22H21ClN2O4S/c1-30(28)15-19(17-7-3-2-4-8-17)24-14-16-11-12-22(20(13-16)25(26)27)29-21-10-6-5-9-18(21)23/h2-13,19,24H,14-15H2,1H3. The van der Waals surface area contributed by atoms with Gasteiger partial charge in [0.2, 0.25) is 5.75 Å². The Hall–Kier alpha value is -2.74. The second-order valence-electron chi connectivity index (χ2n) is 6.68. The average molecular weight is 445 g/mol. The van der Waals surface area contributed by atoms with Gasteiger partial charge in [0, 0.05) is 41.5 Å². The first-order chi connectivity index (χ1) is 14.4. The van der Waals surface area contributed by atoms with Gasteiger partial charge in [0.1, 0.15) is 5.75 Å². The number of nitro groups is 1. The van der Waals surface area contributed by atoms with E-state index < -0.39 is 15.7 Å². The van der Waals surface area contributed by atoms with Crippen molar-refractivity contribution in [3.05, 3.63) is 99.1 Å². The molecule has 30 heavy (non-hydrogen) atoms. The second kappa shape index (κ2) is 10.3. The highest BCUT2D eigenvalue weighted by atomic mass is 35.5. The number of rotatable bonds is 9. The van der Waals surface area contributed by atoms with Crippen LogP contribution in [0.2, 0.25) is 5.02 Å². The number of halogens is 1. The average Bonchev–Trinajstić information content (AvgIpc) is 2.73. The fourth-order valence-corrected chi connectivity index (χ4v) is 3.94. The van der Waals surface area contributed by atoms with Crippen molar-refractivity contribution in [3.63, 3.8) is 0 Å². The lowest BCUT2D eigenvalue weighted by molar-refractivity contribution is -0.385. The predicted octanol–water partition coefficient (Wildman–Crippen LogP) is 5.25. The van der Waals surface area contributed by atoms with Crippen LogP contribution in [-0.4, -0.2) is 21.1 Å². The summed E-state index contributed by atoms with van der Waals surface area (Å²) in [6.07, 6.45) is 1.66. The second-order valence-corrected chi connectivity index (χ2v) is 8.56. The smallest absolute Gasteiger partial charge is 0.311 e. The normalized spacial score (nSPS) is 12.9. The number of benzene rings is 3. The molecule has 0 aliphatic heterocycles. The summed E-state index contributed by atoms with van der Waals surface area (Å²) >= 11 is 6.09. The SMILES string of the molecule is CS(=O)CC(NCc1ccc(Oc2ccccc2Cl)c([N+](=O)[O-])c1)c1ccccc1. The van der Waals surface area contributed by atoms with E-state index in [1.165, 1.54) is 6.07 Å². The van der Waals surface area contributed by atoms with Gasteiger partial charge in [0.15, 0.2) is 0 Å². The highest BCUT2D eigenvalue weighted by molar-refractivity contribution is 7.84. The van der Waals surface area contributed by atoms with Crippen molar-refractivity contribution in [2.75, 3.05) is 12.0 Å². The third kappa shape index (κ3) is 5.89. The molecule has 0 aliphatic carbocycles. The molecule has 0 amide bonds. The van der Waals surface area contributed by atoms with Gasteiger partial charge in [-0.3, -0.25) is 14.3 Å². The zero-order valence-corrected chi connectivity index (χ0v) is 17.9.